The first-order chi connectivity index (χ1) is 21.0. The summed E-state index contributed by atoms with van der Waals surface area (Å²) >= 11 is 7.84. The van der Waals surface area contributed by atoms with E-state index in [1.165, 1.54) is 11.8 Å². The lowest BCUT2D eigenvalue weighted by Crippen LogP contribution is -2.31. The SMILES string of the molecule is CC1=C(C(=O)OCc2ccccc2)[C@H](c2ccccc2Cl)C(C#N)=C(SCC(=O)N(c2ccccc2)c2ccccc2)N1. The summed E-state index contributed by atoms with van der Waals surface area (Å²) in [7, 11) is 0. The maximum absolute atomic E-state index is 13.7. The minimum Gasteiger partial charge on any atom is -0.457 e. The zero-order valence-corrected chi connectivity index (χ0v) is 24.9. The second-order valence-electron chi connectivity index (χ2n) is 9.72. The molecule has 1 N–H and O–H groups in total. The van der Waals surface area contributed by atoms with Gasteiger partial charge in [0.05, 0.1) is 33.9 Å². The number of hydrogen-bond donors (Lipinski definition) is 1. The molecule has 1 aliphatic rings. The fourth-order valence-corrected chi connectivity index (χ4v) is 6.09. The zero-order valence-electron chi connectivity index (χ0n) is 23.4. The summed E-state index contributed by atoms with van der Waals surface area (Å²) in [5, 5.41) is 14.6. The molecule has 4 aromatic carbocycles. The second-order valence-corrected chi connectivity index (χ2v) is 11.1. The highest BCUT2D eigenvalue weighted by atomic mass is 35.5. The third kappa shape index (κ3) is 6.83. The van der Waals surface area contributed by atoms with Gasteiger partial charge in [-0.1, -0.05) is 108 Å². The van der Waals surface area contributed by atoms with Gasteiger partial charge < -0.3 is 10.1 Å². The Bertz CT molecular complexity index is 1680. The van der Waals surface area contributed by atoms with Crippen molar-refractivity contribution in [2.24, 2.45) is 0 Å². The Balaban J connectivity index is 1.46. The van der Waals surface area contributed by atoms with E-state index in [1.54, 1.807) is 30.0 Å². The van der Waals surface area contributed by atoms with Gasteiger partial charge in [-0.2, -0.15) is 5.26 Å². The van der Waals surface area contributed by atoms with Crippen molar-refractivity contribution in [1.82, 2.24) is 5.32 Å². The van der Waals surface area contributed by atoms with Crippen LogP contribution in [-0.4, -0.2) is 17.6 Å². The number of thioether (sulfide) groups is 1. The van der Waals surface area contributed by atoms with Gasteiger partial charge >= 0.3 is 5.97 Å². The number of amides is 1. The van der Waals surface area contributed by atoms with Gasteiger partial charge in [-0.05, 0) is 48.4 Å². The third-order valence-electron chi connectivity index (χ3n) is 6.91. The fraction of sp³-hybridized carbons (Fsp3) is 0.114. The number of rotatable bonds is 9. The number of anilines is 2. The van der Waals surface area contributed by atoms with E-state index in [0.29, 0.717) is 26.9 Å². The lowest BCUT2D eigenvalue weighted by Gasteiger charge is -2.30. The molecule has 1 heterocycles. The molecule has 43 heavy (non-hydrogen) atoms. The first kappa shape index (κ1) is 29.7. The minimum atomic E-state index is -0.778. The Hall–Kier alpha value is -4.77. The lowest BCUT2D eigenvalue weighted by molar-refractivity contribution is -0.140. The van der Waals surface area contributed by atoms with Crippen molar-refractivity contribution in [2.45, 2.75) is 19.4 Å². The molecule has 1 amide bonds. The number of carbonyl (C=O) groups is 2. The van der Waals surface area contributed by atoms with Crippen LogP contribution < -0.4 is 10.2 Å². The number of benzene rings is 4. The van der Waals surface area contributed by atoms with Gasteiger partial charge in [-0.3, -0.25) is 9.69 Å². The lowest BCUT2D eigenvalue weighted by atomic mass is 9.82. The van der Waals surface area contributed by atoms with Crippen LogP contribution in [0.25, 0.3) is 0 Å². The second kappa shape index (κ2) is 13.9. The molecule has 0 bridgehead atoms. The van der Waals surface area contributed by atoms with Gasteiger partial charge in [-0.15, -0.1) is 0 Å². The van der Waals surface area contributed by atoms with Crippen molar-refractivity contribution in [3.8, 4) is 6.07 Å². The maximum atomic E-state index is 13.7. The van der Waals surface area contributed by atoms with E-state index in [9.17, 15) is 14.9 Å². The number of halogens is 1. The van der Waals surface area contributed by atoms with Gasteiger partial charge in [0.25, 0.3) is 0 Å². The number of nitriles is 1. The monoisotopic (exact) mass is 605 g/mol. The molecule has 6 nitrogen and oxygen atoms in total. The number of hydrogen-bond acceptors (Lipinski definition) is 6. The number of nitrogens with one attached hydrogen (secondary N) is 1. The van der Waals surface area contributed by atoms with Crippen LogP contribution in [0, 0.1) is 11.3 Å². The van der Waals surface area contributed by atoms with Gasteiger partial charge in [0, 0.05) is 22.1 Å². The average molecular weight is 606 g/mol. The van der Waals surface area contributed by atoms with E-state index >= 15 is 0 Å². The summed E-state index contributed by atoms with van der Waals surface area (Å²) in [6, 6.07) is 37.6. The summed E-state index contributed by atoms with van der Waals surface area (Å²) in [6.45, 7) is 1.85. The molecule has 0 saturated heterocycles. The van der Waals surface area contributed by atoms with E-state index in [4.69, 9.17) is 16.3 Å². The predicted molar refractivity (Wildman–Crippen MR) is 171 cm³/mol. The third-order valence-corrected chi connectivity index (χ3v) is 8.26. The van der Waals surface area contributed by atoms with Crippen LogP contribution in [0.2, 0.25) is 5.02 Å². The van der Waals surface area contributed by atoms with Crippen molar-refractivity contribution in [3.05, 3.63) is 153 Å². The molecule has 0 radical (unpaired) electrons. The summed E-state index contributed by atoms with van der Waals surface area (Å²) < 4.78 is 5.71. The molecule has 0 aromatic heterocycles. The average Bonchev–Trinajstić information content (AvgIpc) is 3.04. The van der Waals surface area contributed by atoms with E-state index in [2.05, 4.69) is 11.4 Å². The van der Waals surface area contributed by atoms with Gasteiger partial charge in [0.15, 0.2) is 0 Å². The molecular formula is C35H28ClN3O3S. The van der Waals surface area contributed by atoms with Crippen molar-refractivity contribution in [3.63, 3.8) is 0 Å². The molecule has 1 atom stereocenters. The highest BCUT2D eigenvalue weighted by molar-refractivity contribution is 8.03. The number of nitrogens with zero attached hydrogens (tertiary/aromatic N) is 2. The Morgan fingerprint density at radius 1 is 0.884 bits per heavy atom. The van der Waals surface area contributed by atoms with Gasteiger partial charge in [-0.25, -0.2) is 4.79 Å². The molecule has 1 aliphatic heterocycles. The maximum Gasteiger partial charge on any atom is 0.337 e. The smallest absolute Gasteiger partial charge is 0.337 e. The number of allylic oxidation sites excluding steroid dienone is 2. The Morgan fingerprint density at radius 3 is 2.02 bits per heavy atom. The zero-order chi connectivity index (χ0) is 30.2. The van der Waals surface area contributed by atoms with E-state index in [-0.39, 0.29) is 23.8 Å². The molecule has 8 heteroatoms. The quantitative estimate of drug-likeness (QED) is 0.195. The fourth-order valence-electron chi connectivity index (χ4n) is 4.91. The van der Waals surface area contributed by atoms with Crippen molar-refractivity contribution in [2.75, 3.05) is 10.7 Å². The molecule has 0 unspecified atom stereocenters. The molecule has 0 spiro atoms. The number of para-hydroxylation sites is 2. The highest BCUT2D eigenvalue weighted by Gasteiger charge is 2.37. The largest absolute Gasteiger partial charge is 0.457 e. The van der Waals surface area contributed by atoms with E-state index in [0.717, 1.165) is 16.9 Å². The summed E-state index contributed by atoms with van der Waals surface area (Å²) in [5.74, 6) is -1.46. The number of ether oxygens (including phenoxy) is 1. The van der Waals surface area contributed by atoms with E-state index in [1.807, 2.05) is 97.1 Å². The summed E-state index contributed by atoms with van der Waals surface area (Å²) in [4.78, 5) is 28.9. The van der Waals surface area contributed by atoms with Crippen LogP contribution in [0.15, 0.2) is 137 Å². The van der Waals surface area contributed by atoms with Crippen molar-refractivity contribution in [1.29, 1.82) is 5.26 Å². The van der Waals surface area contributed by atoms with Crippen molar-refractivity contribution < 1.29 is 14.3 Å². The molecule has 5 rings (SSSR count). The highest BCUT2D eigenvalue weighted by Crippen LogP contribution is 2.43. The van der Waals surface area contributed by atoms with Crippen LogP contribution in [0.1, 0.15) is 24.0 Å². The molecule has 4 aromatic rings. The van der Waals surface area contributed by atoms with Crippen molar-refractivity contribution >= 4 is 46.6 Å². The first-order valence-corrected chi connectivity index (χ1v) is 15.0. The Labute approximate surface area is 260 Å². The first-order valence-electron chi connectivity index (χ1n) is 13.6. The molecule has 214 valence electrons. The standard InChI is InChI=1S/C35H28ClN3O3S/c1-24-32(35(41)42-22-25-13-5-2-6-14-25)33(28-19-11-12-20-30(28)36)29(21-37)34(38-24)43-23-31(40)39(26-15-7-3-8-16-26)27-17-9-4-10-18-27/h2-20,33,38H,22-23H2,1H3/t33-/m1/s1. The van der Waals surface area contributed by atoms with Crippen LogP contribution in [0.3, 0.4) is 0 Å². The van der Waals surface area contributed by atoms with Gasteiger partial charge in [0.2, 0.25) is 5.91 Å². The molecule has 0 saturated carbocycles. The minimum absolute atomic E-state index is 0.0353. The number of esters is 1. The molecule has 0 aliphatic carbocycles. The Morgan fingerprint density at radius 2 is 1.44 bits per heavy atom. The molecular weight excluding hydrogens is 578 g/mol. The Kier molecular flexibility index (Phi) is 9.63. The van der Waals surface area contributed by atoms with Crippen LogP contribution in [0.5, 0.6) is 0 Å². The number of carbonyl (C=O) groups excluding carboxylic acids is 2. The van der Waals surface area contributed by atoms with E-state index < -0.39 is 11.9 Å². The van der Waals surface area contributed by atoms with Crippen LogP contribution in [-0.2, 0) is 20.9 Å². The number of dihydropyridines is 1. The van der Waals surface area contributed by atoms with Crippen LogP contribution >= 0.6 is 23.4 Å². The normalized spacial score (nSPS) is 14.5. The summed E-state index contributed by atoms with van der Waals surface area (Å²) in [6.07, 6.45) is 0. The van der Waals surface area contributed by atoms with Gasteiger partial charge in [0.1, 0.15) is 6.61 Å². The summed E-state index contributed by atoms with van der Waals surface area (Å²) in [5.41, 5.74) is 4.03. The van der Waals surface area contributed by atoms with Crippen LogP contribution in [0.4, 0.5) is 11.4 Å². The molecule has 0 fully saturated rings. The predicted octanol–water partition coefficient (Wildman–Crippen LogP) is 7.88. The topological polar surface area (TPSA) is 82.4 Å².